The van der Waals surface area contributed by atoms with Gasteiger partial charge in [0.2, 0.25) is 5.91 Å². The molecule has 0 aliphatic carbocycles. The van der Waals surface area contributed by atoms with Crippen LogP contribution in [0.1, 0.15) is 6.92 Å². The van der Waals surface area contributed by atoms with Crippen molar-refractivity contribution in [2.24, 2.45) is 0 Å². The molecule has 18 heteroatoms. The van der Waals surface area contributed by atoms with Gasteiger partial charge in [-0.2, -0.15) is 0 Å². The summed E-state index contributed by atoms with van der Waals surface area (Å²) < 4.78 is 26.4. The van der Waals surface area contributed by atoms with Gasteiger partial charge in [-0.15, -0.1) is 0 Å². The zero-order chi connectivity index (χ0) is 28.5. The first kappa shape index (κ1) is 30.9. The fraction of sp³-hybridized carbons (Fsp3) is 0.900. The molecule has 18 nitrogen and oxygen atoms in total. The Morgan fingerprint density at radius 3 is 1.79 bits per heavy atom. The number of aliphatic hydroxyl groups is 9. The second-order valence-corrected chi connectivity index (χ2v) is 9.11. The number of aliphatic carboxylic acids is 1. The second-order valence-electron chi connectivity index (χ2n) is 9.11. The van der Waals surface area contributed by atoms with E-state index < -0.39 is 117 Å². The maximum Gasteiger partial charge on any atom is 0.335 e. The van der Waals surface area contributed by atoms with Gasteiger partial charge in [-0.05, 0) is 0 Å². The third-order valence-corrected chi connectivity index (χ3v) is 6.46. The van der Waals surface area contributed by atoms with Crippen LogP contribution in [0, 0.1) is 0 Å². The van der Waals surface area contributed by atoms with Crippen LogP contribution in [0.5, 0.6) is 0 Å². The van der Waals surface area contributed by atoms with Crippen molar-refractivity contribution in [3.8, 4) is 0 Å². The molecule has 0 aromatic rings. The Kier molecular flexibility index (Phi) is 10.3. The first-order valence-corrected chi connectivity index (χ1v) is 11.6. The van der Waals surface area contributed by atoms with Crippen molar-refractivity contribution >= 4 is 11.9 Å². The van der Waals surface area contributed by atoms with E-state index in [1.54, 1.807) is 0 Å². The van der Waals surface area contributed by atoms with E-state index in [2.05, 4.69) is 5.32 Å². The Balaban J connectivity index is 1.85. The van der Waals surface area contributed by atoms with Crippen LogP contribution in [0.2, 0.25) is 0 Å². The van der Waals surface area contributed by atoms with Crippen molar-refractivity contribution in [1.82, 2.24) is 5.32 Å². The van der Waals surface area contributed by atoms with Gasteiger partial charge in [-0.1, -0.05) is 0 Å². The first-order chi connectivity index (χ1) is 17.8. The highest BCUT2D eigenvalue weighted by Crippen LogP contribution is 2.32. The highest BCUT2D eigenvalue weighted by Gasteiger charge is 2.54. The second kappa shape index (κ2) is 12.7. The molecule has 0 unspecified atom stereocenters. The average molecular weight is 559 g/mol. The molecule has 11 N–H and O–H groups in total. The van der Waals surface area contributed by atoms with Gasteiger partial charge in [0.25, 0.3) is 0 Å². The molecule has 0 aromatic carbocycles. The van der Waals surface area contributed by atoms with E-state index in [1.807, 2.05) is 0 Å². The van der Waals surface area contributed by atoms with Gasteiger partial charge in [-0.3, -0.25) is 4.79 Å². The molecule has 15 atom stereocenters. The van der Waals surface area contributed by atoms with Gasteiger partial charge in [0, 0.05) is 6.92 Å². The first-order valence-electron chi connectivity index (χ1n) is 11.6. The van der Waals surface area contributed by atoms with Gasteiger partial charge in [0.1, 0.15) is 67.1 Å². The van der Waals surface area contributed by atoms with Crippen LogP contribution in [0.15, 0.2) is 0 Å². The topological polar surface area (TPSA) is 295 Å². The summed E-state index contributed by atoms with van der Waals surface area (Å²) in [5.41, 5.74) is 0. The number of hydrogen-bond donors (Lipinski definition) is 11. The third-order valence-electron chi connectivity index (χ3n) is 6.46. The Hall–Kier alpha value is -1.62. The molecule has 3 aliphatic rings. The number of carbonyl (C=O) groups is 2. The summed E-state index contributed by atoms with van der Waals surface area (Å²) in [6, 6.07) is -1.45. The van der Waals surface area contributed by atoms with E-state index in [4.69, 9.17) is 23.7 Å². The summed E-state index contributed by atoms with van der Waals surface area (Å²) in [5, 5.41) is 103. The summed E-state index contributed by atoms with van der Waals surface area (Å²) in [4.78, 5) is 23.0. The normalized spacial score (nSPS) is 47.9. The van der Waals surface area contributed by atoms with E-state index in [-0.39, 0.29) is 0 Å². The fourth-order valence-corrected chi connectivity index (χ4v) is 4.44. The van der Waals surface area contributed by atoms with Crippen LogP contribution in [-0.2, 0) is 33.3 Å². The van der Waals surface area contributed by atoms with Crippen molar-refractivity contribution in [3.05, 3.63) is 0 Å². The van der Waals surface area contributed by atoms with Crippen molar-refractivity contribution in [3.63, 3.8) is 0 Å². The zero-order valence-corrected chi connectivity index (χ0v) is 19.9. The molecule has 0 bridgehead atoms. The van der Waals surface area contributed by atoms with E-state index in [9.17, 15) is 60.7 Å². The van der Waals surface area contributed by atoms with E-state index in [0.717, 1.165) is 6.92 Å². The Morgan fingerprint density at radius 1 is 0.711 bits per heavy atom. The molecular weight excluding hydrogens is 526 g/mol. The van der Waals surface area contributed by atoms with Crippen LogP contribution in [-0.4, -0.2) is 168 Å². The highest BCUT2D eigenvalue weighted by molar-refractivity contribution is 5.73. The minimum Gasteiger partial charge on any atom is -0.479 e. The molecule has 0 saturated carbocycles. The number of aliphatic hydroxyl groups excluding tert-OH is 9. The van der Waals surface area contributed by atoms with Crippen molar-refractivity contribution < 1.29 is 84.3 Å². The van der Waals surface area contributed by atoms with Gasteiger partial charge in [0.05, 0.1) is 13.2 Å². The number of carbonyl (C=O) groups excluding carboxylic acids is 1. The molecule has 1 amide bonds. The molecule has 3 fully saturated rings. The van der Waals surface area contributed by atoms with Crippen molar-refractivity contribution in [2.75, 3.05) is 13.2 Å². The highest BCUT2D eigenvalue weighted by atomic mass is 16.7. The van der Waals surface area contributed by atoms with Gasteiger partial charge >= 0.3 is 5.97 Å². The quantitative estimate of drug-likeness (QED) is 0.132. The summed E-state index contributed by atoms with van der Waals surface area (Å²) in [6.45, 7) is -0.569. The van der Waals surface area contributed by atoms with Crippen LogP contribution in [0.25, 0.3) is 0 Å². The zero-order valence-electron chi connectivity index (χ0n) is 19.9. The summed E-state index contributed by atoms with van der Waals surface area (Å²) in [5.74, 6) is -2.39. The van der Waals surface area contributed by atoms with Gasteiger partial charge in [-0.25, -0.2) is 4.79 Å². The summed E-state index contributed by atoms with van der Waals surface area (Å²) in [7, 11) is 0. The fourth-order valence-electron chi connectivity index (χ4n) is 4.44. The predicted octanol–water partition coefficient (Wildman–Crippen LogP) is -7.34. The molecule has 38 heavy (non-hydrogen) atoms. The van der Waals surface area contributed by atoms with Crippen LogP contribution < -0.4 is 5.32 Å². The Labute approximate surface area is 214 Å². The number of ether oxygens (including phenoxy) is 5. The summed E-state index contributed by atoms with van der Waals surface area (Å²) in [6.07, 6.45) is -25.8. The van der Waals surface area contributed by atoms with Crippen LogP contribution in [0.4, 0.5) is 0 Å². The minimum absolute atomic E-state index is 0.673. The number of nitrogens with one attached hydrogen (secondary N) is 1. The monoisotopic (exact) mass is 559 g/mol. The number of carboxylic acids is 1. The standard InChI is InChI=1S/C20H33NO17/c1-4(24)21-7-14(8(25)5(2-22)34-18(7)33)36-20-13(30)15(9(26)6(3-23)35-20)37-19-12(29)10(27)11(28)16(38-19)17(31)32/h5-16,18-20,22-23,25-30,33H,2-3H2,1H3,(H,21,24)(H,31,32)/t5-,6-,7-,8+,9+,10+,11+,12-,13-,14-,15+,16+,18-,19-,20+/m1/s1. The van der Waals surface area contributed by atoms with E-state index >= 15 is 0 Å². The minimum atomic E-state index is -2.06. The number of rotatable bonds is 8. The van der Waals surface area contributed by atoms with Crippen LogP contribution in [0.3, 0.4) is 0 Å². The smallest absolute Gasteiger partial charge is 0.335 e. The lowest BCUT2D eigenvalue weighted by molar-refractivity contribution is -0.370. The molecule has 0 spiro atoms. The number of amides is 1. The molecule has 0 radical (unpaired) electrons. The average Bonchev–Trinajstić information content (AvgIpc) is 2.86. The number of hydrogen-bond acceptors (Lipinski definition) is 16. The molecule has 220 valence electrons. The Bertz CT molecular complexity index is 818. The lowest BCUT2D eigenvalue weighted by Crippen LogP contribution is -2.68. The van der Waals surface area contributed by atoms with Gasteiger partial charge < -0.3 is 80.1 Å². The molecule has 3 saturated heterocycles. The number of carboxylic acid groups (broad SMARTS) is 1. The molecule has 0 aromatic heterocycles. The van der Waals surface area contributed by atoms with Crippen molar-refractivity contribution in [2.45, 2.75) is 99.0 Å². The molecule has 3 heterocycles. The molecular formula is C20H33NO17. The van der Waals surface area contributed by atoms with E-state index in [1.165, 1.54) is 0 Å². The maximum atomic E-state index is 11.6. The van der Waals surface area contributed by atoms with Crippen LogP contribution >= 0.6 is 0 Å². The summed E-state index contributed by atoms with van der Waals surface area (Å²) >= 11 is 0. The van der Waals surface area contributed by atoms with Gasteiger partial charge in [0.15, 0.2) is 25.0 Å². The predicted molar refractivity (Wildman–Crippen MR) is 113 cm³/mol. The lowest BCUT2D eigenvalue weighted by atomic mass is 9.95. The largest absolute Gasteiger partial charge is 0.479 e. The van der Waals surface area contributed by atoms with Crippen molar-refractivity contribution in [1.29, 1.82) is 0 Å². The van der Waals surface area contributed by atoms with E-state index in [0.29, 0.717) is 0 Å². The molecule has 3 aliphatic heterocycles. The SMILES string of the molecule is CC(=O)N[C@@H]1[C@@H](O[C@@H]2O[C@H](CO)[C@H](O)[C@H](O[C@@H]3O[C@H](C(=O)O)[C@@H](O)[C@H](O)[C@H]3O)[C@H]2O)[C@@H](O)[C@@H](CO)O[C@H]1O. The lowest BCUT2D eigenvalue weighted by Gasteiger charge is -2.48. The third kappa shape index (κ3) is 6.24. The maximum absolute atomic E-state index is 11.6. The Morgan fingerprint density at radius 2 is 1.24 bits per heavy atom. The molecule has 3 rings (SSSR count).